The van der Waals surface area contributed by atoms with E-state index in [2.05, 4.69) is 6.92 Å². The van der Waals surface area contributed by atoms with Gasteiger partial charge in [-0.05, 0) is 25.0 Å². The van der Waals surface area contributed by atoms with Crippen LogP contribution in [-0.2, 0) is 26.6 Å². The van der Waals surface area contributed by atoms with Crippen LogP contribution in [-0.4, -0.2) is 25.7 Å². The molecular weight excluding hydrogens is 330 g/mol. The first-order valence-electron chi connectivity index (χ1n) is 9.16. The van der Waals surface area contributed by atoms with Gasteiger partial charge in [-0.1, -0.05) is 43.3 Å². The van der Waals surface area contributed by atoms with Crippen molar-refractivity contribution in [3.8, 4) is 5.75 Å². The fourth-order valence-corrected chi connectivity index (χ4v) is 3.52. The Morgan fingerprint density at radius 3 is 2.62 bits per heavy atom. The van der Waals surface area contributed by atoms with Crippen LogP contribution in [0.4, 0.5) is 5.69 Å². The van der Waals surface area contributed by atoms with Crippen LogP contribution in [0.5, 0.6) is 5.75 Å². The second-order valence-corrected chi connectivity index (χ2v) is 6.53. The second-order valence-electron chi connectivity index (χ2n) is 6.53. The Morgan fingerprint density at radius 1 is 1.08 bits per heavy atom. The Hall–Kier alpha value is -2.37. The molecule has 2 heterocycles. The van der Waals surface area contributed by atoms with E-state index in [0.717, 1.165) is 35.4 Å². The standard InChI is InChI=1S/C21H23NO4/c1-2-12-24-19-11-6-3-8-16(19)15-22-18-10-5-4-9-17(18)21(20(22)23)25-13-7-14-26-21/h3-6,8-11H,2,7,12-15H2,1H3. The number of ether oxygens (including phenoxy) is 3. The molecule has 26 heavy (non-hydrogen) atoms. The molecule has 0 atom stereocenters. The van der Waals surface area contributed by atoms with Crippen molar-refractivity contribution in [3.63, 3.8) is 0 Å². The molecule has 0 aliphatic carbocycles. The largest absolute Gasteiger partial charge is 0.493 e. The Labute approximate surface area is 153 Å². The third kappa shape index (κ3) is 2.77. The van der Waals surface area contributed by atoms with Crippen molar-refractivity contribution in [2.45, 2.75) is 32.1 Å². The Balaban J connectivity index is 1.69. The van der Waals surface area contributed by atoms with E-state index in [-0.39, 0.29) is 5.91 Å². The molecule has 0 N–H and O–H groups in total. The van der Waals surface area contributed by atoms with Gasteiger partial charge >= 0.3 is 0 Å². The van der Waals surface area contributed by atoms with Gasteiger partial charge in [-0.2, -0.15) is 0 Å². The number of nitrogens with zero attached hydrogens (tertiary/aromatic N) is 1. The van der Waals surface area contributed by atoms with Crippen LogP contribution in [0.25, 0.3) is 0 Å². The fourth-order valence-electron chi connectivity index (χ4n) is 3.52. The summed E-state index contributed by atoms with van der Waals surface area (Å²) < 4.78 is 17.6. The molecule has 2 aliphatic heterocycles. The molecule has 0 saturated carbocycles. The van der Waals surface area contributed by atoms with Crippen LogP contribution in [0, 0.1) is 0 Å². The fraction of sp³-hybridized carbons (Fsp3) is 0.381. The molecule has 1 spiro atoms. The molecule has 5 heteroatoms. The van der Waals surface area contributed by atoms with Crippen molar-refractivity contribution in [2.24, 2.45) is 0 Å². The highest BCUT2D eigenvalue weighted by Crippen LogP contribution is 2.45. The predicted octanol–water partition coefficient (Wildman–Crippen LogP) is 3.61. The first kappa shape index (κ1) is 17.1. The number of rotatable bonds is 5. The molecular formula is C21H23NO4. The van der Waals surface area contributed by atoms with Crippen molar-refractivity contribution in [2.75, 3.05) is 24.7 Å². The summed E-state index contributed by atoms with van der Waals surface area (Å²) >= 11 is 0. The second kappa shape index (κ2) is 7.09. The van der Waals surface area contributed by atoms with Crippen LogP contribution in [0.15, 0.2) is 48.5 Å². The summed E-state index contributed by atoms with van der Waals surface area (Å²) in [5.41, 5.74) is 2.60. The number of amides is 1. The molecule has 0 unspecified atom stereocenters. The molecule has 2 aromatic carbocycles. The molecule has 0 radical (unpaired) electrons. The number of carbonyl (C=O) groups excluding carboxylic acids is 1. The normalized spacial score (nSPS) is 18.2. The summed E-state index contributed by atoms with van der Waals surface area (Å²) in [5, 5.41) is 0. The molecule has 0 bridgehead atoms. The lowest BCUT2D eigenvalue weighted by Gasteiger charge is -2.32. The van der Waals surface area contributed by atoms with Gasteiger partial charge < -0.3 is 19.1 Å². The van der Waals surface area contributed by atoms with Gasteiger partial charge in [0, 0.05) is 11.1 Å². The Kier molecular flexibility index (Phi) is 4.66. The van der Waals surface area contributed by atoms with Gasteiger partial charge in [-0.25, -0.2) is 0 Å². The summed E-state index contributed by atoms with van der Waals surface area (Å²) in [7, 11) is 0. The number of fused-ring (bicyclic) bond motifs is 2. The van der Waals surface area contributed by atoms with Crippen LogP contribution in [0.2, 0.25) is 0 Å². The third-order valence-electron chi connectivity index (χ3n) is 4.74. The lowest BCUT2D eigenvalue weighted by molar-refractivity contribution is -0.256. The van der Waals surface area contributed by atoms with Gasteiger partial charge in [0.2, 0.25) is 0 Å². The van der Waals surface area contributed by atoms with E-state index in [4.69, 9.17) is 14.2 Å². The number of hydrogen-bond donors (Lipinski definition) is 0. The van der Waals surface area contributed by atoms with E-state index in [1.165, 1.54) is 0 Å². The van der Waals surface area contributed by atoms with Crippen LogP contribution in [0.3, 0.4) is 0 Å². The molecule has 0 aromatic heterocycles. The topological polar surface area (TPSA) is 48.0 Å². The molecule has 1 saturated heterocycles. The highest BCUT2D eigenvalue weighted by molar-refractivity contribution is 6.06. The number of para-hydroxylation sites is 2. The van der Waals surface area contributed by atoms with E-state index >= 15 is 0 Å². The van der Waals surface area contributed by atoms with Gasteiger partial charge in [0.25, 0.3) is 11.7 Å². The molecule has 1 amide bonds. The van der Waals surface area contributed by atoms with Gasteiger partial charge in [0.1, 0.15) is 5.75 Å². The third-order valence-corrected chi connectivity index (χ3v) is 4.74. The van der Waals surface area contributed by atoms with E-state index < -0.39 is 5.79 Å². The van der Waals surface area contributed by atoms with E-state index in [0.29, 0.717) is 26.4 Å². The summed E-state index contributed by atoms with van der Waals surface area (Å²) in [6.45, 7) is 4.18. The van der Waals surface area contributed by atoms with Gasteiger partial charge in [-0.15, -0.1) is 0 Å². The minimum absolute atomic E-state index is 0.163. The smallest absolute Gasteiger partial charge is 0.292 e. The number of carbonyl (C=O) groups is 1. The highest BCUT2D eigenvalue weighted by atomic mass is 16.7. The summed E-state index contributed by atoms with van der Waals surface area (Å²) in [5.74, 6) is -0.650. The quantitative estimate of drug-likeness (QED) is 0.824. The van der Waals surface area contributed by atoms with Gasteiger partial charge in [0.15, 0.2) is 0 Å². The molecule has 4 rings (SSSR count). The summed E-state index contributed by atoms with van der Waals surface area (Å²) in [6.07, 6.45) is 1.73. The lowest BCUT2D eigenvalue weighted by atomic mass is 10.1. The van der Waals surface area contributed by atoms with Crippen molar-refractivity contribution < 1.29 is 19.0 Å². The highest BCUT2D eigenvalue weighted by Gasteiger charge is 2.54. The minimum Gasteiger partial charge on any atom is -0.493 e. The molecule has 1 fully saturated rings. The number of anilines is 1. The maximum absolute atomic E-state index is 13.3. The van der Waals surface area contributed by atoms with E-state index in [9.17, 15) is 4.79 Å². The zero-order chi connectivity index (χ0) is 18.0. The minimum atomic E-state index is -1.30. The average molecular weight is 353 g/mol. The Morgan fingerprint density at radius 2 is 1.81 bits per heavy atom. The van der Waals surface area contributed by atoms with Crippen molar-refractivity contribution in [1.29, 1.82) is 0 Å². The monoisotopic (exact) mass is 353 g/mol. The molecule has 2 aromatic rings. The average Bonchev–Trinajstić information content (AvgIpc) is 2.91. The van der Waals surface area contributed by atoms with Gasteiger partial charge in [-0.3, -0.25) is 4.79 Å². The summed E-state index contributed by atoms with van der Waals surface area (Å²) in [6, 6.07) is 15.6. The summed E-state index contributed by atoms with van der Waals surface area (Å²) in [4.78, 5) is 15.0. The molecule has 5 nitrogen and oxygen atoms in total. The maximum atomic E-state index is 13.3. The zero-order valence-electron chi connectivity index (χ0n) is 14.9. The number of hydrogen-bond acceptors (Lipinski definition) is 4. The number of benzene rings is 2. The lowest BCUT2D eigenvalue weighted by Crippen LogP contribution is -2.47. The van der Waals surface area contributed by atoms with Crippen LogP contribution >= 0.6 is 0 Å². The van der Waals surface area contributed by atoms with Crippen molar-refractivity contribution >= 4 is 11.6 Å². The van der Waals surface area contributed by atoms with Crippen molar-refractivity contribution in [1.82, 2.24) is 0 Å². The van der Waals surface area contributed by atoms with Crippen LogP contribution < -0.4 is 9.64 Å². The van der Waals surface area contributed by atoms with Crippen LogP contribution in [0.1, 0.15) is 30.9 Å². The molecule has 136 valence electrons. The van der Waals surface area contributed by atoms with Gasteiger partial charge in [0.05, 0.1) is 32.1 Å². The SMILES string of the molecule is CCCOc1ccccc1CN1C(=O)C2(OCCCO2)c2ccccc21. The molecule has 2 aliphatic rings. The zero-order valence-corrected chi connectivity index (χ0v) is 14.9. The maximum Gasteiger partial charge on any atom is 0.292 e. The Bertz CT molecular complexity index is 798. The first-order valence-corrected chi connectivity index (χ1v) is 9.16. The van der Waals surface area contributed by atoms with E-state index in [1.807, 2.05) is 48.5 Å². The van der Waals surface area contributed by atoms with Crippen molar-refractivity contribution in [3.05, 3.63) is 59.7 Å². The predicted molar refractivity (Wildman–Crippen MR) is 98.1 cm³/mol. The first-order chi connectivity index (χ1) is 12.8. The van der Waals surface area contributed by atoms with E-state index in [1.54, 1.807) is 4.90 Å².